The summed E-state index contributed by atoms with van der Waals surface area (Å²) in [6.07, 6.45) is -3.23. The second kappa shape index (κ2) is 10.6. The lowest BCUT2D eigenvalue weighted by atomic mass is 9.95. The maximum atomic E-state index is 13.3. The summed E-state index contributed by atoms with van der Waals surface area (Å²) >= 11 is 0. The third-order valence-corrected chi connectivity index (χ3v) is 5.93. The Balaban J connectivity index is 1.39. The van der Waals surface area contributed by atoms with E-state index in [0.29, 0.717) is 24.9 Å². The maximum Gasteiger partial charge on any atom is 0.416 e. The van der Waals surface area contributed by atoms with Crippen LogP contribution in [0, 0.1) is 5.82 Å². The molecule has 0 heterocycles. The van der Waals surface area contributed by atoms with E-state index in [9.17, 15) is 27.5 Å². The van der Waals surface area contributed by atoms with E-state index in [0.717, 1.165) is 40.1 Å². The van der Waals surface area contributed by atoms with Gasteiger partial charge in [-0.05, 0) is 83.1 Å². The number of carboxylic acids is 1. The SMILES string of the molecule is O=C(O)c1ccc(-c2ccc(F)cc2)cc1CCc1ccc(NCc2ccc(C(F)(F)F)cc2)cc1. The van der Waals surface area contributed by atoms with Gasteiger partial charge in [-0.2, -0.15) is 13.2 Å². The Labute approximate surface area is 206 Å². The third kappa shape index (κ3) is 6.30. The van der Waals surface area contributed by atoms with Gasteiger partial charge < -0.3 is 10.4 Å². The van der Waals surface area contributed by atoms with Crippen LogP contribution in [0.1, 0.15) is 32.6 Å². The highest BCUT2D eigenvalue weighted by atomic mass is 19.4. The molecule has 0 saturated heterocycles. The number of halogens is 4. The smallest absolute Gasteiger partial charge is 0.416 e. The normalized spacial score (nSPS) is 11.3. The zero-order chi connectivity index (χ0) is 25.7. The lowest BCUT2D eigenvalue weighted by Crippen LogP contribution is -2.05. The van der Waals surface area contributed by atoms with Crippen molar-refractivity contribution >= 4 is 11.7 Å². The molecule has 3 nitrogen and oxygen atoms in total. The molecule has 184 valence electrons. The van der Waals surface area contributed by atoms with Crippen LogP contribution in [0.5, 0.6) is 0 Å². The van der Waals surface area contributed by atoms with Gasteiger partial charge in [0, 0.05) is 12.2 Å². The number of aromatic carboxylic acids is 1. The van der Waals surface area contributed by atoms with Gasteiger partial charge in [-0.3, -0.25) is 0 Å². The van der Waals surface area contributed by atoms with Crippen molar-refractivity contribution in [2.45, 2.75) is 25.6 Å². The van der Waals surface area contributed by atoms with E-state index in [4.69, 9.17) is 0 Å². The van der Waals surface area contributed by atoms with Crippen LogP contribution < -0.4 is 5.32 Å². The molecule has 0 aliphatic heterocycles. The van der Waals surface area contributed by atoms with Gasteiger partial charge in [-0.25, -0.2) is 9.18 Å². The van der Waals surface area contributed by atoms with E-state index in [-0.39, 0.29) is 11.4 Å². The summed E-state index contributed by atoms with van der Waals surface area (Å²) in [6, 6.07) is 23.8. The Hall–Kier alpha value is -4.13. The fraction of sp³-hybridized carbons (Fsp3) is 0.138. The van der Waals surface area contributed by atoms with Crippen LogP contribution in [-0.2, 0) is 25.6 Å². The van der Waals surface area contributed by atoms with Crippen LogP contribution >= 0.6 is 0 Å². The van der Waals surface area contributed by atoms with Crippen molar-refractivity contribution in [2.24, 2.45) is 0 Å². The second-order valence-electron chi connectivity index (χ2n) is 8.43. The molecule has 4 aromatic carbocycles. The molecule has 36 heavy (non-hydrogen) atoms. The molecule has 4 aromatic rings. The van der Waals surface area contributed by atoms with Gasteiger partial charge in [0.1, 0.15) is 5.82 Å². The molecule has 0 spiro atoms. The van der Waals surface area contributed by atoms with Crippen LogP contribution in [0.15, 0.2) is 91.0 Å². The van der Waals surface area contributed by atoms with Crippen molar-refractivity contribution in [2.75, 3.05) is 5.32 Å². The average molecular weight is 494 g/mol. The minimum Gasteiger partial charge on any atom is -0.478 e. The molecule has 0 radical (unpaired) electrons. The van der Waals surface area contributed by atoms with Crippen LogP contribution in [0.2, 0.25) is 0 Å². The number of rotatable bonds is 8. The minimum absolute atomic E-state index is 0.232. The molecular weight excluding hydrogens is 470 g/mol. The molecule has 0 bridgehead atoms. The van der Waals surface area contributed by atoms with Crippen molar-refractivity contribution in [1.82, 2.24) is 0 Å². The molecule has 7 heteroatoms. The molecule has 0 atom stereocenters. The number of hydrogen-bond acceptors (Lipinski definition) is 2. The zero-order valence-electron chi connectivity index (χ0n) is 19.1. The van der Waals surface area contributed by atoms with E-state index in [1.54, 1.807) is 24.3 Å². The largest absolute Gasteiger partial charge is 0.478 e. The number of nitrogens with one attached hydrogen (secondary N) is 1. The average Bonchev–Trinajstić information content (AvgIpc) is 2.87. The van der Waals surface area contributed by atoms with Crippen LogP contribution in [0.25, 0.3) is 11.1 Å². The predicted octanol–water partition coefficient (Wildman–Crippen LogP) is 7.61. The molecule has 0 fully saturated rings. The fourth-order valence-electron chi connectivity index (χ4n) is 3.92. The molecule has 0 saturated carbocycles. The van der Waals surface area contributed by atoms with Gasteiger partial charge in [-0.1, -0.05) is 48.5 Å². The monoisotopic (exact) mass is 493 g/mol. The summed E-state index contributed by atoms with van der Waals surface area (Å²) in [7, 11) is 0. The lowest BCUT2D eigenvalue weighted by Gasteiger charge is -2.11. The number of carbonyl (C=O) groups is 1. The first kappa shape index (κ1) is 25.0. The number of carboxylic acid groups (broad SMARTS) is 1. The Kier molecular flexibility index (Phi) is 7.38. The van der Waals surface area contributed by atoms with E-state index in [1.807, 2.05) is 30.3 Å². The third-order valence-electron chi connectivity index (χ3n) is 5.93. The first-order valence-electron chi connectivity index (χ1n) is 11.3. The van der Waals surface area contributed by atoms with E-state index >= 15 is 0 Å². The Morgan fingerprint density at radius 2 is 1.36 bits per heavy atom. The van der Waals surface area contributed by atoms with Crippen LogP contribution in [0.4, 0.5) is 23.2 Å². The van der Waals surface area contributed by atoms with Crippen LogP contribution in [-0.4, -0.2) is 11.1 Å². The number of alkyl halides is 3. The molecule has 0 aliphatic carbocycles. The highest BCUT2D eigenvalue weighted by Crippen LogP contribution is 2.29. The summed E-state index contributed by atoms with van der Waals surface area (Å²) in [4.78, 5) is 11.7. The molecule has 0 unspecified atom stereocenters. The summed E-state index contributed by atoms with van der Waals surface area (Å²) < 4.78 is 51.3. The van der Waals surface area contributed by atoms with E-state index in [2.05, 4.69) is 5.32 Å². The first-order chi connectivity index (χ1) is 17.2. The van der Waals surface area contributed by atoms with Gasteiger partial charge in [0.2, 0.25) is 0 Å². The summed E-state index contributed by atoms with van der Waals surface area (Å²) in [5.74, 6) is -1.34. The Bertz CT molecular complexity index is 1330. The number of benzene rings is 4. The van der Waals surface area contributed by atoms with Gasteiger partial charge in [-0.15, -0.1) is 0 Å². The van der Waals surface area contributed by atoms with Crippen molar-refractivity contribution in [3.05, 3.63) is 125 Å². The van der Waals surface area contributed by atoms with E-state index < -0.39 is 17.7 Å². The molecule has 0 amide bonds. The Morgan fingerprint density at radius 1 is 0.750 bits per heavy atom. The van der Waals surface area contributed by atoms with Crippen molar-refractivity contribution in [3.8, 4) is 11.1 Å². The summed E-state index contributed by atoms with van der Waals surface area (Å²) in [5, 5.41) is 12.8. The zero-order valence-corrected chi connectivity index (χ0v) is 19.1. The lowest BCUT2D eigenvalue weighted by molar-refractivity contribution is -0.137. The van der Waals surface area contributed by atoms with E-state index in [1.165, 1.54) is 24.3 Å². The maximum absolute atomic E-state index is 13.3. The van der Waals surface area contributed by atoms with Gasteiger partial charge in [0.05, 0.1) is 11.1 Å². The molecular formula is C29H23F4NO2. The topological polar surface area (TPSA) is 49.3 Å². The van der Waals surface area contributed by atoms with Crippen molar-refractivity contribution in [1.29, 1.82) is 0 Å². The van der Waals surface area contributed by atoms with Crippen LogP contribution in [0.3, 0.4) is 0 Å². The predicted molar refractivity (Wildman–Crippen MR) is 131 cm³/mol. The van der Waals surface area contributed by atoms with Crippen molar-refractivity contribution < 1.29 is 27.5 Å². The summed E-state index contributed by atoms with van der Waals surface area (Å²) in [5.41, 5.74) is 4.43. The van der Waals surface area contributed by atoms with Gasteiger partial charge in [0.15, 0.2) is 0 Å². The van der Waals surface area contributed by atoms with Gasteiger partial charge in [0.25, 0.3) is 0 Å². The number of hydrogen-bond donors (Lipinski definition) is 2. The quantitative estimate of drug-likeness (QED) is 0.249. The first-order valence-corrected chi connectivity index (χ1v) is 11.3. The molecule has 0 aromatic heterocycles. The minimum atomic E-state index is -4.35. The molecule has 0 aliphatic rings. The Morgan fingerprint density at radius 3 is 1.97 bits per heavy atom. The van der Waals surface area contributed by atoms with Gasteiger partial charge >= 0.3 is 12.1 Å². The fourth-order valence-corrected chi connectivity index (χ4v) is 3.92. The standard InChI is InChI=1S/C29H23F4NO2/c30-25-12-7-21(8-13-25)22-9-16-27(28(35)36)23(17-22)6-1-19-4-14-26(15-5-19)34-18-20-2-10-24(11-3-20)29(31,32)33/h2-5,7-17,34H,1,6,18H2,(H,35,36). The summed E-state index contributed by atoms with van der Waals surface area (Å²) in [6.45, 7) is 0.385. The molecule has 2 N–H and O–H groups in total. The van der Waals surface area contributed by atoms with Crippen molar-refractivity contribution in [3.63, 3.8) is 0 Å². The second-order valence-corrected chi connectivity index (χ2v) is 8.43. The number of anilines is 1. The number of aryl methyl sites for hydroxylation is 2. The molecule has 4 rings (SSSR count). The highest BCUT2D eigenvalue weighted by molar-refractivity contribution is 5.90. The highest BCUT2D eigenvalue weighted by Gasteiger charge is 2.29.